The molecule has 0 saturated carbocycles. The maximum absolute atomic E-state index is 9.13. The van der Waals surface area contributed by atoms with E-state index in [1.165, 1.54) is 0 Å². The number of nitrogens with zero attached hydrogens (tertiary/aromatic N) is 2. The van der Waals surface area contributed by atoms with Gasteiger partial charge in [-0.1, -0.05) is 42.5 Å². The topological polar surface area (TPSA) is 36.1 Å². The van der Waals surface area contributed by atoms with E-state index in [1.54, 1.807) is 13.3 Å². The van der Waals surface area contributed by atoms with Crippen LogP contribution in [0.1, 0.15) is 11.5 Å². The second kappa shape index (κ2) is 4.59. The van der Waals surface area contributed by atoms with Crippen LogP contribution in [-0.4, -0.2) is 13.3 Å². The normalized spacial score (nSPS) is 12.8. The molecule has 0 aromatic heterocycles. The molecule has 2 rings (SSSR count). The van der Waals surface area contributed by atoms with Gasteiger partial charge in [0.25, 0.3) is 0 Å². The Bertz CT molecular complexity index is 559. The van der Waals surface area contributed by atoms with Gasteiger partial charge in [0.1, 0.15) is 5.92 Å². The third-order valence-electron chi connectivity index (χ3n) is 2.60. The summed E-state index contributed by atoms with van der Waals surface area (Å²) in [6.45, 7) is 0. The van der Waals surface area contributed by atoms with Crippen LogP contribution < -0.4 is 0 Å². The Labute approximate surface area is 94.9 Å². The zero-order chi connectivity index (χ0) is 11.4. The Hall–Kier alpha value is -2.14. The van der Waals surface area contributed by atoms with E-state index in [0.29, 0.717) is 0 Å². The number of fused-ring (bicyclic) bond motifs is 1. The number of hydrogen-bond acceptors (Lipinski definition) is 2. The van der Waals surface area contributed by atoms with E-state index in [0.717, 1.165) is 16.3 Å². The van der Waals surface area contributed by atoms with Gasteiger partial charge >= 0.3 is 0 Å². The first-order valence-electron chi connectivity index (χ1n) is 5.16. The quantitative estimate of drug-likeness (QED) is 0.698. The average molecular weight is 208 g/mol. The summed E-state index contributed by atoms with van der Waals surface area (Å²) in [4.78, 5) is 3.94. The molecule has 0 aliphatic rings. The van der Waals surface area contributed by atoms with Crippen LogP contribution >= 0.6 is 0 Å². The molecule has 2 aromatic carbocycles. The number of rotatable bonds is 2. The fraction of sp³-hybridized carbons (Fsp3) is 0.143. The number of aliphatic imine (C=N–C) groups is 1. The van der Waals surface area contributed by atoms with Crippen LogP contribution in [0.4, 0.5) is 0 Å². The van der Waals surface area contributed by atoms with Gasteiger partial charge in [-0.2, -0.15) is 5.26 Å². The zero-order valence-electron chi connectivity index (χ0n) is 9.09. The molecule has 2 nitrogen and oxygen atoms in total. The van der Waals surface area contributed by atoms with Crippen LogP contribution in [0.5, 0.6) is 0 Å². The highest BCUT2D eigenvalue weighted by atomic mass is 14.6. The lowest BCUT2D eigenvalue weighted by Crippen LogP contribution is -1.97. The van der Waals surface area contributed by atoms with Crippen molar-refractivity contribution in [1.29, 1.82) is 5.26 Å². The van der Waals surface area contributed by atoms with Crippen molar-refractivity contribution in [2.75, 3.05) is 7.05 Å². The fourth-order valence-corrected chi connectivity index (χ4v) is 1.85. The molecule has 0 N–H and O–H groups in total. The van der Waals surface area contributed by atoms with Crippen molar-refractivity contribution < 1.29 is 0 Å². The molecule has 0 saturated heterocycles. The second-order valence-corrected chi connectivity index (χ2v) is 3.58. The Balaban J connectivity index is 2.64. The molecule has 2 aromatic rings. The standard InChI is InChI=1S/C14H12N2/c1-16-10-12(9-15)14-8-4-6-11-5-2-3-7-13(11)14/h2-8,10,12H,1H3. The van der Waals surface area contributed by atoms with Crippen LogP contribution in [0, 0.1) is 11.3 Å². The van der Waals surface area contributed by atoms with E-state index in [2.05, 4.69) is 23.2 Å². The monoisotopic (exact) mass is 208 g/mol. The van der Waals surface area contributed by atoms with Gasteiger partial charge < -0.3 is 0 Å². The Morgan fingerprint density at radius 3 is 2.69 bits per heavy atom. The molecule has 1 unspecified atom stereocenters. The average Bonchev–Trinajstić information content (AvgIpc) is 2.35. The molecule has 0 bridgehead atoms. The lowest BCUT2D eigenvalue weighted by Gasteiger charge is -2.07. The Morgan fingerprint density at radius 2 is 1.94 bits per heavy atom. The minimum atomic E-state index is -0.268. The maximum Gasteiger partial charge on any atom is 0.107 e. The third kappa shape index (κ3) is 1.80. The summed E-state index contributed by atoms with van der Waals surface area (Å²) in [5.74, 6) is -0.268. The summed E-state index contributed by atoms with van der Waals surface area (Å²) in [5, 5.41) is 11.4. The molecule has 78 valence electrons. The second-order valence-electron chi connectivity index (χ2n) is 3.58. The Morgan fingerprint density at radius 1 is 1.19 bits per heavy atom. The van der Waals surface area contributed by atoms with Gasteiger partial charge in [-0.15, -0.1) is 0 Å². The van der Waals surface area contributed by atoms with E-state index in [4.69, 9.17) is 5.26 Å². The van der Waals surface area contributed by atoms with E-state index < -0.39 is 0 Å². The van der Waals surface area contributed by atoms with Gasteiger partial charge in [-0.05, 0) is 16.3 Å². The smallest absolute Gasteiger partial charge is 0.107 e. The van der Waals surface area contributed by atoms with Gasteiger partial charge in [0.05, 0.1) is 6.07 Å². The van der Waals surface area contributed by atoms with Crippen LogP contribution in [0.25, 0.3) is 10.8 Å². The minimum Gasteiger partial charge on any atom is -0.299 e. The van der Waals surface area contributed by atoms with Crippen molar-refractivity contribution in [1.82, 2.24) is 0 Å². The molecule has 0 aliphatic heterocycles. The Kier molecular flexibility index (Phi) is 2.98. The van der Waals surface area contributed by atoms with Gasteiger partial charge in [0.15, 0.2) is 0 Å². The number of hydrogen-bond donors (Lipinski definition) is 0. The summed E-state index contributed by atoms with van der Waals surface area (Å²) >= 11 is 0. The van der Waals surface area contributed by atoms with Gasteiger partial charge in [-0.3, -0.25) is 4.99 Å². The molecular formula is C14H12N2. The summed E-state index contributed by atoms with van der Waals surface area (Å²) in [7, 11) is 1.69. The van der Waals surface area contributed by atoms with E-state index >= 15 is 0 Å². The lowest BCUT2D eigenvalue weighted by atomic mass is 9.95. The fourth-order valence-electron chi connectivity index (χ4n) is 1.85. The van der Waals surface area contributed by atoms with Crippen molar-refractivity contribution in [2.45, 2.75) is 5.92 Å². The van der Waals surface area contributed by atoms with E-state index in [9.17, 15) is 0 Å². The molecule has 16 heavy (non-hydrogen) atoms. The first-order chi connectivity index (χ1) is 7.86. The SMILES string of the molecule is CN=CC(C#N)c1cccc2ccccc12. The van der Waals surface area contributed by atoms with E-state index in [-0.39, 0.29) is 5.92 Å². The van der Waals surface area contributed by atoms with Crippen LogP contribution in [-0.2, 0) is 0 Å². The van der Waals surface area contributed by atoms with Crippen LogP contribution in [0.2, 0.25) is 0 Å². The highest BCUT2D eigenvalue weighted by Gasteiger charge is 2.10. The van der Waals surface area contributed by atoms with Crippen LogP contribution in [0.15, 0.2) is 47.5 Å². The maximum atomic E-state index is 9.13. The molecule has 0 heterocycles. The first kappa shape index (κ1) is 10.4. The predicted molar refractivity (Wildman–Crippen MR) is 66.7 cm³/mol. The molecular weight excluding hydrogens is 196 g/mol. The van der Waals surface area contributed by atoms with Gasteiger partial charge in [-0.25, -0.2) is 0 Å². The largest absolute Gasteiger partial charge is 0.299 e. The minimum absolute atomic E-state index is 0.268. The van der Waals surface area contributed by atoms with Gasteiger partial charge in [0, 0.05) is 13.3 Å². The predicted octanol–water partition coefficient (Wildman–Crippen LogP) is 3.15. The lowest BCUT2D eigenvalue weighted by molar-refractivity contribution is 1.18. The molecule has 1 atom stereocenters. The summed E-state index contributed by atoms with van der Waals surface area (Å²) in [6.07, 6.45) is 1.68. The molecule has 0 radical (unpaired) electrons. The molecule has 0 aliphatic carbocycles. The highest BCUT2D eigenvalue weighted by Crippen LogP contribution is 2.24. The molecule has 0 amide bonds. The highest BCUT2D eigenvalue weighted by molar-refractivity contribution is 5.90. The summed E-state index contributed by atoms with van der Waals surface area (Å²) < 4.78 is 0. The van der Waals surface area contributed by atoms with Crippen LogP contribution in [0.3, 0.4) is 0 Å². The molecule has 2 heteroatoms. The van der Waals surface area contributed by atoms with Crippen molar-refractivity contribution in [3.05, 3.63) is 48.0 Å². The van der Waals surface area contributed by atoms with E-state index in [1.807, 2.05) is 30.3 Å². The van der Waals surface area contributed by atoms with Crippen molar-refractivity contribution >= 4 is 17.0 Å². The summed E-state index contributed by atoms with van der Waals surface area (Å²) in [5.41, 5.74) is 1.02. The third-order valence-corrected chi connectivity index (χ3v) is 2.60. The van der Waals surface area contributed by atoms with Crippen molar-refractivity contribution in [3.63, 3.8) is 0 Å². The van der Waals surface area contributed by atoms with Gasteiger partial charge in [0.2, 0.25) is 0 Å². The van der Waals surface area contributed by atoms with Crippen molar-refractivity contribution in [2.24, 2.45) is 4.99 Å². The number of nitriles is 1. The summed E-state index contributed by atoms with van der Waals surface area (Å²) in [6, 6.07) is 16.4. The van der Waals surface area contributed by atoms with Crippen molar-refractivity contribution in [3.8, 4) is 6.07 Å². The molecule has 0 fully saturated rings. The zero-order valence-corrected chi connectivity index (χ0v) is 9.09. The molecule has 0 spiro atoms. The first-order valence-corrected chi connectivity index (χ1v) is 5.16. The number of benzene rings is 2.